The summed E-state index contributed by atoms with van der Waals surface area (Å²) in [6.07, 6.45) is 4.48. The van der Waals surface area contributed by atoms with Gasteiger partial charge in [-0.25, -0.2) is 13.6 Å². The molecule has 0 bridgehead atoms. The maximum Gasteiger partial charge on any atom is 0.257 e. The van der Waals surface area contributed by atoms with Crippen LogP contribution in [0.5, 0.6) is 5.75 Å². The van der Waals surface area contributed by atoms with Gasteiger partial charge in [0, 0.05) is 11.3 Å². The molecule has 0 atom stereocenters. The van der Waals surface area contributed by atoms with Crippen molar-refractivity contribution in [3.8, 4) is 5.75 Å². The highest BCUT2D eigenvalue weighted by Crippen LogP contribution is 2.26. The molecule has 162 valence electrons. The molecule has 0 aliphatic heterocycles. The van der Waals surface area contributed by atoms with Crippen LogP contribution < -0.4 is 20.5 Å². The molecule has 7 nitrogen and oxygen atoms in total. The van der Waals surface area contributed by atoms with Gasteiger partial charge in [-0.3, -0.25) is 10.1 Å². The van der Waals surface area contributed by atoms with Gasteiger partial charge in [0.15, 0.2) is 5.11 Å². The molecule has 0 aliphatic carbocycles. The molecular weight excluding hydrogens is 490 g/mol. The lowest BCUT2D eigenvalue weighted by molar-refractivity contribution is 0.0977. The predicted octanol–water partition coefficient (Wildman–Crippen LogP) is 4.18. The first kappa shape index (κ1) is 24.3. The third-order valence-corrected chi connectivity index (χ3v) is 5.87. The van der Waals surface area contributed by atoms with Crippen LogP contribution in [0.1, 0.15) is 43.0 Å². The predicted molar refractivity (Wildman–Crippen MR) is 125 cm³/mol. The third kappa shape index (κ3) is 7.67. The van der Waals surface area contributed by atoms with Gasteiger partial charge < -0.3 is 10.1 Å². The van der Waals surface area contributed by atoms with Crippen molar-refractivity contribution in [1.82, 2.24) is 5.32 Å². The number of halogens is 1. The van der Waals surface area contributed by atoms with Crippen molar-refractivity contribution < 1.29 is 17.9 Å². The van der Waals surface area contributed by atoms with Gasteiger partial charge in [-0.2, -0.15) is 0 Å². The minimum absolute atomic E-state index is 0.0134. The molecule has 0 heterocycles. The summed E-state index contributed by atoms with van der Waals surface area (Å²) in [5, 5.41) is 10.5. The molecule has 0 fully saturated rings. The lowest BCUT2D eigenvalue weighted by atomic mass is 10.2. The average Bonchev–Trinajstić information content (AvgIpc) is 2.68. The highest BCUT2D eigenvalue weighted by atomic mass is 79.9. The summed E-state index contributed by atoms with van der Waals surface area (Å²) < 4.78 is 29.0. The van der Waals surface area contributed by atoms with E-state index in [1.165, 1.54) is 37.1 Å². The second-order valence-corrected chi connectivity index (χ2v) is 9.36. The summed E-state index contributed by atoms with van der Waals surface area (Å²) in [6.45, 7) is 2.79. The first-order valence-corrected chi connectivity index (χ1v) is 12.1. The fraction of sp³-hybridized carbons (Fsp3) is 0.300. The van der Waals surface area contributed by atoms with Crippen LogP contribution in [0.2, 0.25) is 0 Å². The Morgan fingerprint density at radius 3 is 2.43 bits per heavy atom. The number of unbranched alkanes of at least 4 members (excludes halogenated alkanes) is 3. The monoisotopic (exact) mass is 513 g/mol. The number of hydrogen-bond acceptors (Lipinski definition) is 5. The molecule has 0 saturated carbocycles. The summed E-state index contributed by atoms with van der Waals surface area (Å²) in [5.41, 5.74) is 0.926. The van der Waals surface area contributed by atoms with Crippen LogP contribution in [0.25, 0.3) is 0 Å². The van der Waals surface area contributed by atoms with Crippen LogP contribution in [-0.2, 0) is 10.0 Å². The van der Waals surface area contributed by atoms with Crippen LogP contribution >= 0.6 is 28.1 Å². The largest absolute Gasteiger partial charge is 0.492 e. The Kier molecular flexibility index (Phi) is 9.22. The number of nitrogens with two attached hydrogens (primary N) is 1. The number of amides is 1. The number of ether oxygens (including phenoxy) is 1. The number of carbonyl (C=O) groups is 1. The molecule has 1 amide bonds. The van der Waals surface area contributed by atoms with E-state index < -0.39 is 10.0 Å². The fourth-order valence-electron chi connectivity index (χ4n) is 2.54. The van der Waals surface area contributed by atoms with Gasteiger partial charge in [-0.1, -0.05) is 26.2 Å². The maximum absolute atomic E-state index is 12.4. The number of anilines is 1. The van der Waals surface area contributed by atoms with Gasteiger partial charge in [0.1, 0.15) is 5.75 Å². The summed E-state index contributed by atoms with van der Waals surface area (Å²) in [4.78, 5) is 12.4. The first-order chi connectivity index (χ1) is 14.2. The molecule has 0 spiro atoms. The standard InChI is InChI=1S/C20H24BrN3O4S2/c1-2-3-4-5-12-28-18-11-6-14(13-17(18)21)19(25)24-20(29)23-15-7-9-16(10-8-15)30(22,26)27/h6-11,13H,2-5,12H2,1H3,(H2,22,26,27)(H2,23,24,25,29). The van der Waals surface area contributed by atoms with Gasteiger partial charge in [-0.05, 0) is 77.0 Å². The Bertz CT molecular complexity index is 996. The Balaban J connectivity index is 1.90. The van der Waals surface area contributed by atoms with Crippen molar-refractivity contribution in [2.24, 2.45) is 5.14 Å². The van der Waals surface area contributed by atoms with E-state index in [9.17, 15) is 13.2 Å². The smallest absolute Gasteiger partial charge is 0.257 e. The third-order valence-electron chi connectivity index (χ3n) is 4.12. The molecule has 2 aromatic rings. The Hall–Kier alpha value is -2.01. The number of rotatable bonds is 9. The lowest BCUT2D eigenvalue weighted by Crippen LogP contribution is -2.34. The van der Waals surface area contributed by atoms with Crippen LogP contribution in [0.4, 0.5) is 5.69 Å². The van der Waals surface area contributed by atoms with E-state index in [0.717, 1.165) is 12.8 Å². The van der Waals surface area contributed by atoms with E-state index in [-0.39, 0.29) is 15.9 Å². The zero-order valence-corrected chi connectivity index (χ0v) is 19.7. The normalized spacial score (nSPS) is 11.0. The Morgan fingerprint density at radius 1 is 1.13 bits per heavy atom. The van der Waals surface area contributed by atoms with E-state index in [2.05, 4.69) is 33.5 Å². The molecule has 0 saturated heterocycles. The zero-order valence-electron chi connectivity index (χ0n) is 16.5. The molecule has 2 rings (SSSR count). The fourth-order valence-corrected chi connectivity index (χ4v) is 3.75. The average molecular weight is 514 g/mol. The van der Waals surface area contributed by atoms with E-state index in [1.54, 1.807) is 18.2 Å². The summed E-state index contributed by atoms with van der Waals surface area (Å²) >= 11 is 8.58. The van der Waals surface area contributed by atoms with Crippen LogP contribution in [-0.4, -0.2) is 26.0 Å². The van der Waals surface area contributed by atoms with Crippen molar-refractivity contribution in [3.05, 3.63) is 52.5 Å². The molecular formula is C20H24BrN3O4S2. The van der Waals surface area contributed by atoms with Gasteiger partial charge in [-0.15, -0.1) is 0 Å². The van der Waals surface area contributed by atoms with Gasteiger partial charge >= 0.3 is 0 Å². The van der Waals surface area contributed by atoms with E-state index in [0.29, 0.717) is 28.1 Å². The number of primary sulfonamides is 1. The van der Waals surface area contributed by atoms with Crippen LogP contribution in [0, 0.1) is 0 Å². The van der Waals surface area contributed by atoms with E-state index in [4.69, 9.17) is 22.1 Å². The number of carbonyl (C=O) groups excluding carboxylic acids is 1. The molecule has 0 aromatic heterocycles. The summed E-state index contributed by atoms with van der Waals surface area (Å²) in [7, 11) is -3.77. The lowest BCUT2D eigenvalue weighted by Gasteiger charge is -2.12. The minimum Gasteiger partial charge on any atom is -0.492 e. The van der Waals surface area contributed by atoms with Crippen molar-refractivity contribution >= 4 is 54.9 Å². The molecule has 0 radical (unpaired) electrons. The summed E-state index contributed by atoms with van der Waals surface area (Å²) in [5.74, 6) is 0.294. The number of benzene rings is 2. The SMILES string of the molecule is CCCCCCOc1ccc(C(=O)NC(=S)Nc2ccc(S(N)(=O)=O)cc2)cc1Br. The zero-order chi connectivity index (χ0) is 22.1. The van der Waals surface area contributed by atoms with Crippen molar-refractivity contribution in [3.63, 3.8) is 0 Å². The maximum atomic E-state index is 12.4. The van der Waals surface area contributed by atoms with Crippen LogP contribution in [0.3, 0.4) is 0 Å². The second-order valence-electron chi connectivity index (χ2n) is 6.53. The second kappa shape index (κ2) is 11.4. The molecule has 0 unspecified atom stereocenters. The number of thiocarbonyl (C=S) groups is 1. The quantitative estimate of drug-likeness (QED) is 0.342. The Labute approximate surface area is 190 Å². The molecule has 30 heavy (non-hydrogen) atoms. The number of nitrogens with one attached hydrogen (secondary N) is 2. The number of sulfonamides is 1. The first-order valence-electron chi connectivity index (χ1n) is 9.38. The van der Waals surface area contributed by atoms with Crippen molar-refractivity contribution in [2.45, 2.75) is 37.5 Å². The van der Waals surface area contributed by atoms with E-state index in [1.807, 2.05) is 0 Å². The highest BCUT2D eigenvalue weighted by Gasteiger charge is 2.12. The molecule has 2 aromatic carbocycles. The molecule has 4 N–H and O–H groups in total. The van der Waals surface area contributed by atoms with Crippen molar-refractivity contribution in [2.75, 3.05) is 11.9 Å². The van der Waals surface area contributed by atoms with Crippen molar-refractivity contribution in [1.29, 1.82) is 0 Å². The van der Waals surface area contributed by atoms with Gasteiger partial charge in [0.2, 0.25) is 10.0 Å². The minimum atomic E-state index is -3.77. The number of hydrogen-bond donors (Lipinski definition) is 3. The summed E-state index contributed by atoms with van der Waals surface area (Å²) in [6, 6.07) is 10.8. The van der Waals surface area contributed by atoms with Gasteiger partial charge in [0.25, 0.3) is 5.91 Å². The molecule has 10 heteroatoms. The van der Waals surface area contributed by atoms with Crippen LogP contribution in [0.15, 0.2) is 51.8 Å². The van der Waals surface area contributed by atoms with Gasteiger partial charge in [0.05, 0.1) is 16.0 Å². The van der Waals surface area contributed by atoms with E-state index >= 15 is 0 Å². The highest BCUT2D eigenvalue weighted by molar-refractivity contribution is 9.10. The Morgan fingerprint density at radius 2 is 1.83 bits per heavy atom. The molecule has 0 aliphatic rings. The topological polar surface area (TPSA) is 111 Å².